The number of ether oxygens (including phenoxy) is 2. The van der Waals surface area contributed by atoms with E-state index in [0.29, 0.717) is 34.9 Å². The average molecular weight is 461 g/mol. The van der Waals surface area contributed by atoms with E-state index in [2.05, 4.69) is 10.6 Å². The van der Waals surface area contributed by atoms with Crippen molar-refractivity contribution < 1.29 is 19.1 Å². The summed E-state index contributed by atoms with van der Waals surface area (Å²) >= 11 is 6.24. The normalized spacial score (nSPS) is 11.0. The molecule has 0 spiro atoms. The number of benzene rings is 2. The van der Waals surface area contributed by atoms with Gasteiger partial charge < -0.3 is 20.1 Å². The number of amides is 2. The lowest BCUT2D eigenvalue weighted by molar-refractivity contribution is -0.125. The van der Waals surface area contributed by atoms with Crippen LogP contribution in [-0.4, -0.2) is 18.9 Å². The van der Waals surface area contributed by atoms with E-state index in [1.165, 1.54) is 0 Å². The molecule has 0 heterocycles. The van der Waals surface area contributed by atoms with Gasteiger partial charge in [0.25, 0.3) is 0 Å². The molecule has 0 saturated heterocycles. The second-order valence-corrected chi connectivity index (χ2v) is 8.96. The van der Waals surface area contributed by atoms with Crippen molar-refractivity contribution in [3.05, 3.63) is 58.6 Å². The molecule has 32 heavy (non-hydrogen) atoms. The summed E-state index contributed by atoms with van der Waals surface area (Å²) in [5.74, 6) is 1.17. The van der Waals surface area contributed by atoms with Crippen LogP contribution in [0.2, 0.25) is 5.02 Å². The van der Waals surface area contributed by atoms with E-state index >= 15 is 0 Å². The van der Waals surface area contributed by atoms with Gasteiger partial charge in [-0.25, -0.2) is 0 Å². The molecule has 0 aliphatic heterocycles. The fraction of sp³-hybridized carbons (Fsp3) is 0.440. The number of carbonyl (C=O) groups excluding carboxylic acids is 2. The Bertz CT molecular complexity index is 891. The molecule has 0 aliphatic rings. The van der Waals surface area contributed by atoms with E-state index in [1.807, 2.05) is 45.9 Å². The smallest absolute Gasteiger partial charge is 0.222 e. The van der Waals surface area contributed by atoms with E-state index in [1.54, 1.807) is 31.4 Å². The van der Waals surface area contributed by atoms with E-state index in [4.69, 9.17) is 21.1 Å². The quantitative estimate of drug-likeness (QED) is 0.449. The highest BCUT2D eigenvalue weighted by molar-refractivity contribution is 6.31. The van der Waals surface area contributed by atoms with Crippen LogP contribution in [0, 0.1) is 11.8 Å². The van der Waals surface area contributed by atoms with Crippen LogP contribution in [0.3, 0.4) is 0 Å². The van der Waals surface area contributed by atoms with Crippen molar-refractivity contribution in [1.29, 1.82) is 0 Å². The molecule has 6 nitrogen and oxygen atoms in total. The molecule has 174 valence electrons. The molecule has 0 bridgehead atoms. The van der Waals surface area contributed by atoms with Crippen molar-refractivity contribution in [2.75, 3.05) is 7.11 Å². The van der Waals surface area contributed by atoms with Crippen molar-refractivity contribution in [1.82, 2.24) is 10.6 Å². The van der Waals surface area contributed by atoms with E-state index < -0.39 is 6.17 Å². The Hall–Kier alpha value is -2.73. The minimum Gasteiger partial charge on any atom is -0.493 e. The highest BCUT2D eigenvalue weighted by Gasteiger charge is 2.20. The van der Waals surface area contributed by atoms with Gasteiger partial charge in [-0.3, -0.25) is 9.59 Å². The molecule has 0 saturated carbocycles. The third-order valence-corrected chi connectivity index (χ3v) is 5.03. The molecule has 2 rings (SSSR count). The Morgan fingerprint density at radius 1 is 0.906 bits per heavy atom. The maximum atomic E-state index is 12.5. The third-order valence-electron chi connectivity index (χ3n) is 4.66. The van der Waals surface area contributed by atoms with Crippen LogP contribution in [0.25, 0.3) is 0 Å². The average Bonchev–Trinajstić information content (AvgIpc) is 2.71. The van der Waals surface area contributed by atoms with Gasteiger partial charge in [0, 0.05) is 23.4 Å². The van der Waals surface area contributed by atoms with Crippen LogP contribution in [-0.2, 0) is 16.2 Å². The summed E-state index contributed by atoms with van der Waals surface area (Å²) in [5, 5.41) is 6.47. The number of halogens is 1. The standard InChI is InChI=1S/C25H33ClN2O4/c1-16(2)12-23(29)27-25(28-24(30)13-17(3)4)18-10-11-21(31-5)22(14-18)32-15-19-8-6-7-9-20(19)26/h6-11,14,16-17,25H,12-13,15H2,1-5H3,(H,27,29)(H,28,30). The van der Waals surface area contributed by atoms with Crippen molar-refractivity contribution >= 4 is 23.4 Å². The summed E-state index contributed by atoms with van der Waals surface area (Å²) in [6, 6.07) is 12.8. The molecule has 0 aromatic heterocycles. The zero-order valence-electron chi connectivity index (χ0n) is 19.4. The number of carbonyl (C=O) groups is 2. The molecule has 2 amide bonds. The molecule has 0 fully saturated rings. The van der Waals surface area contributed by atoms with Crippen LogP contribution in [0.1, 0.15) is 57.8 Å². The fourth-order valence-electron chi connectivity index (χ4n) is 3.14. The predicted octanol–water partition coefficient (Wildman–Crippen LogP) is 5.25. The van der Waals surface area contributed by atoms with Crippen molar-refractivity contribution in [2.24, 2.45) is 11.8 Å². The van der Waals surface area contributed by atoms with E-state index in [9.17, 15) is 9.59 Å². The Balaban J connectivity index is 2.28. The number of rotatable bonds is 11. The molecule has 0 radical (unpaired) electrons. The highest BCUT2D eigenvalue weighted by atomic mass is 35.5. The fourth-order valence-corrected chi connectivity index (χ4v) is 3.33. The molecular formula is C25H33ClN2O4. The molecule has 2 N–H and O–H groups in total. The zero-order chi connectivity index (χ0) is 23.7. The number of nitrogens with one attached hydrogen (secondary N) is 2. The highest BCUT2D eigenvalue weighted by Crippen LogP contribution is 2.31. The van der Waals surface area contributed by atoms with Gasteiger partial charge in [-0.1, -0.05) is 63.6 Å². The molecule has 2 aromatic carbocycles. The Labute approximate surface area is 195 Å². The predicted molar refractivity (Wildman–Crippen MR) is 127 cm³/mol. The molecule has 0 unspecified atom stereocenters. The first-order chi connectivity index (χ1) is 15.2. The van der Waals surface area contributed by atoms with Gasteiger partial charge in [-0.2, -0.15) is 0 Å². The SMILES string of the molecule is COc1ccc(C(NC(=O)CC(C)C)NC(=O)CC(C)C)cc1OCc1ccccc1Cl. The summed E-state index contributed by atoms with van der Waals surface area (Å²) in [6.07, 6.45) is 0.0478. The van der Waals surface area contributed by atoms with Crippen LogP contribution >= 0.6 is 11.6 Å². The maximum Gasteiger partial charge on any atom is 0.222 e. The zero-order valence-corrected chi connectivity index (χ0v) is 20.2. The number of hydrogen-bond donors (Lipinski definition) is 2. The van der Waals surface area contributed by atoms with E-state index in [-0.39, 0.29) is 30.3 Å². The van der Waals surface area contributed by atoms with E-state index in [0.717, 1.165) is 5.56 Å². The Morgan fingerprint density at radius 3 is 2.03 bits per heavy atom. The summed E-state index contributed by atoms with van der Waals surface area (Å²) in [6.45, 7) is 8.14. The maximum absolute atomic E-state index is 12.5. The summed E-state index contributed by atoms with van der Waals surface area (Å²) < 4.78 is 11.4. The molecule has 7 heteroatoms. The van der Waals surface area contributed by atoms with Crippen LogP contribution in [0.4, 0.5) is 0 Å². The van der Waals surface area contributed by atoms with Crippen LogP contribution in [0.5, 0.6) is 11.5 Å². The first kappa shape index (κ1) is 25.5. The molecule has 0 aliphatic carbocycles. The Kier molecular flexibility index (Phi) is 9.85. The van der Waals surface area contributed by atoms with Gasteiger partial charge in [0.15, 0.2) is 11.5 Å². The van der Waals surface area contributed by atoms with Gasteiger partial charge in [-0.15, -0.1) is 0 Å². The second-order valence-electron chi connectivity index (χ2n) is 8.55. The first-order valence-electron chi connectivity index (χ1n) is 10.8. The second kappa shape index (κ2) is 12.3. The molecule has 0 atom stereocenters. The monoisotopic (exact) mass is 460 g/mol. The minimum absolute atomic E-state index is 0.135. The van der Waals surface area contributed by atoms with Gasteiger partial charge in [0.1, 0.15) is 12.8 Å². The van der Waals surface area contributed by atoms with Crippen molar-refractivity contribution in [3.8, 4) is 11.5 Å². The van der Waals surface area contributed by atoms with Gasteiger partial charge in [0.05, 0.1) is 7.11 Å². The van der Waals surface area contributed by atoms with Gasteiger partial charge >= 0.3 is 0 Å². The summed E-state index contributed by atoms with van der Waals surface area (Å²) in [4.78, 5) is 24.9. The van der Waals surface area contributed by atoms with Gasteiger partial charge in [0.2, 0.25) is 11.8 Å². The largest absolute Gasteiger partial charge is 0.493 e. The molecular weight excluding hydrogens is 428 g/mol. The lowest BCUT2D eigenvalue weighted by Gasteiger charge is -2.23. The van der Waals surface area contributed by atoms with Crippen LogP contribution < -0.4 is 20.1 Å². The lowest BCUT2D eigenvalue weighted by Crippen LogP contribution is -2.41. The van der Waals surface area contributed by atoms with Gasteiger partial charge in [-0.05, 0) is 35.6 Å². The minimum atomic E-state index is -0.680. The molecule has 2 aromatic rings. The summed E-state index contributed by atoms with van der Waals surface area (Å²) in [5.41, 5.74) is 1.53. The Morgan fingerprint density at radius 2 is 1.50 bits per heavy atom. The first-order valence-corrected chi connectivity index (χ1v) is 11.2. The van der Waals surface area contributed by atoms with Crippen LogP contribution in [0.15, 0.2) is 42.5 Å². The van der Waals surface area contributed by atoms with Crippen molar-refractivity contribution in [2.45, 2.75) is 53.3 Å². The third kappa shape index (κ3) is 8.08. The van der Waals surface area contributed by atoms with Crippen molar-refractivity contribution in [3.63, 3.8) is 0 Å². The number of methoxy groups -OCH3 is 1. The lowest BCUT2D eigenvalue weighted by atomic mass is 10.1. The summed E-state index contributed by atoms with van der Waals surface area (Å²) in [7, 11) is 1.56. The number of hydrogen-bond acceptors (Lipinski definition) is 4. The topological polar surface area (TPSA) is 76.7 Å².